The van der Waals surface area contributed by atoms with E-state index in [2.05, 4.69) is 43.5 Å². The summed E-state index contributed by atoms with van der Waals surface area (Å²) in [7, 11) is 1.66. The van der Waals surface area contributed by atoms with Crippen molar-refractivity contribution in [2.24, 2.45) is 4.99 Å². The molecule has 1 heterocycles. The zero-order valence-corrected chi connectivity index (χ0v) is 23.5. The highest BCUT2D eigenvalue weighted by molar-refractivity contribution is 14.1. The average Bonchev–Trinajstić information content (AvgIpc) is 3.07. The van der Waals surface area contributed by atoms with Crippen molar-refractivity contribution >= 4 is 90.7 Å². The molecule has 1 aliphatic heterocycles. The third-order valence-corrected chi connectivity index (χ3v) is 7.81. The van der Waals surface area contributed by atoms with E-state index in [1.807, 2.05) is 42.5 Å². The van der Waals surface area contributed by atoms with E-state index < -0.39 is 5.97 Å². The van der Waals surface area contributed by atoms with Crippen LogP contribution in [0.2, 0.25) is 5.02 Å². The molecule has 0 saturated carbocycles. The first kappa shape index (κ1) is 25.7. The van der Waals surface area contributed by atoms with E-state index in [4.69, 9.17) is 21.4 Å². The van der Waals surface area contributed by atoms with Gasteiger partial charge in [-0.3, -0.25) is 9.69 Å². The molecular weight excluding hydrogens is 667 g/mol. The first-order valence-corrected chi connectivity index (χ1v) is 13.2. The number of rotatable bonds is 6. The number of aromatic carboxylic acids is 1. The molecule has 0 aromatic heterocycles. The van der Waals surface area contributed by atoms with Crippen molar-refractivity contribution in [2.75, 3.05) is 7.05 Å². The largest absolute Gasteiger partial charge is 0.487 e. The second-order valence-corrected chi connectivity index (χ2v) is 10.8. The van der Waals surface area contributed by atoms with Crippen LogP contribution in [0.1, 0.15) is 21.5 Å². The predicted molar refractivity (Wildman–Crippen MR) is 151 cm³/mol. The topological polar surface area (TPSA) is 79.2 Å². The van der Waals surface area contributed by atoms with Crippen LogP contribution in [0.5, 0.6) is 5.75 Å². The smallest absolute Gasteiger partial charge is 0.335 e. The van der Waals surface area contributed by atoms with E-state index in [0.717, 1.165) is 19.2 Å². The van der Waals surface area contributed by atoms with E-state index in [0.29, 0.717) is 33.1 Å². The fraction of sp³-hybridized carbons (Fsp3) is 0.0800. The van der Waals surface area contributed by atoms with Crippen molar-refractivity contribution in [3.05, 3.63) is 95.3 Å². The molecule has 1 aliphatic rings. The summed E-state index contributed by atoms with van der Waals surface area (Å²) < 4.78 is 7.65. The number of carboxylic acids is 1. The highest BCUT2D eigenvalue weighted by atomic mass is 127. The Morgan fingerprint density at radius 3 is 2.60 bits per heavy atom. The van der Waals surface area contributed by atoms with Crippen molar-refractivity contribution in [1.82, 2.24) is 4.90 Å². The molecule has 3 aromatic carbocycles. The normalized spacial score (nSPS) is 15.8. The lowest BCUT2D eigenvalue weighted by molar-refractivity contribution is -0.121. The van der Waals surface area contributed by atoms with Gasteiger partial charge in [0.1, 0.15) is 12.4 Å². The lowest BCUT2D eigenvalue weighted by Crippen LogP contribution is -2.23. The van der Waals surface area contributed by atoms with Crippen molar-refractivity contribution in [3.8, 4) is 5.75 Å². The zero-order chi connectivity index (χ0) is 25.1. The Hall–Kier alpha value is -2.34. The number of hydrogen-bond acceptors (Lipinski definition) is 5. The van der Waals surface area contributed by atoms with Crippen LogP contribution < -0.4 is 4.74 Å². The number of carbonyl (C=O) groups is 2. The number of carbonyl (C=O) groups excluding carboxylic acids is 1. The number of nitrogens with zero attached hydrogens (tertiary/aromatic N) is 2. The second kappa shape index (κ2) is 11.2. The van der Waals surface area contributed by atoms with Crippen molar-refractivity contribution in [3.63, 3.8) is 0 Å². The number of likely N-dealkylation sites (N-methyl/N-ethyl adjacent to an activating group) is 1. The van der Waals surface area contributed by atoms with E-state index in [1.165, 1.54) is 28.8 Å². The number of ether oxygens (including phenoxy) is 1. The zero-order valence-electron chi connectivity index (χ0n) is 18.2. The highest BCUT2D eigenvalue weighted by Gasteiger charge is 2.30. The molecule has 0 spiro atoms. The summed E-state index contributed by atoms with van der Waals surface area (Å²) in [5.41, 5.74) is 2.47. The summed E-state index contributed by atoms with van der Waals surface area (Å²) in [5.74, 6) is -0.471. The summed E-state index contributed by atoms with van der Waals surface area (Å²) in [6.07, 6.45) is 1.81. The summed E-state index contributed by atoms with van der Waals surface area (Å²) >= 11 is 13.3. The number of amides is 1. The Morgan fingerprint density at radius 1 is 1.23 bits per heavy atom. The van der Waals surface area contributed by atoms with E-state index >= 15 is 0 Å². The molecule has 3 aromatic rings. The molecule has 1 amide bonds. The molecule has 0 radical (unpaired) electrons. The number of halogens is 3. The summed E-state index contributed by atoms with van der Waals surface area (Å²) in [5, 5.41) is 10.2. The molecule has 35 heavy (non-hydrogen) atoms. The molecule has 1 saturated heterocycles. The second-order valence-electron chi connectivity index (χ2n) is 7.41. The van der Waals surface area contributed by atoms with Gasteiger partial charge in [-0.15, -0.1) is 0 Å². The minimum absolute atomic E-state index is 0.166. The number of hydrogen-bond donors (Lipinski definition) is 1. The van der Waals surface area contributed by atoms with Crippen LogP contribution >= 0.6 is 61.9 Å². The Bertz CT molecular complexity index is 1360. The van der Waals surface area contributed by atoms with Gasteiger partial charge < -0.3 is 9.84 Å². The monoisotopic (exact) mass is 682 g/mol. The minimum Gasteiger partial charge on any atom is -0.487 e. The van der Waals surface area contributed by atoms with Gasteiger partial charge in [-0.25, -0.2) is 9.79 Å². The van der Waals surface area contributed by atoms with Gasteiger partial charge in [-0.2, -0.15) is 0 Å². The minimum atomic E-state index is -1.00. The maximum atomic E-state index is 12.8. The molecule has 0 unspecified atom stereocenters. The van der Waals surface area contributed by atoms with Crippen LogP contribution in [-0.4, -0.2) is 34.1 Å². The van der Waals surface area contributed by atoms with Crippen molar-refractivity contribution in [1.29, 1.82) is 0 Å². The standard InChI is InChI=1S/C25H17BrClIN2O4S/c1-30-23(31)21(35-25(30)29-17-8-6-15(7-9-17)24(32)33)12-14-10-18(26)22(20(28)11-14)34-13-16-4-2-3-5-19(16)27/h2-12H,13H2,1H3,(H,32,33)/b21-12-,29-25?. The molecule has 1 N–H and O–H groups in total. The summed E-state index contributed by atoms with van der Waals surface area (Å²) in [6.45, 7) is 0.334. The predicted octanol–water partition coefficient (Wildman–Crippen LogP) is 7.22. The fourth-order valence-corrected chi connectivity index (χ4v) is 6.10. The van der Waals surface area contributed by atoms with E-state index in [9.17, 15) is 9.59 Å². The molecule has 0 bridgehead atoms. The lowest BCUT2D eigenvalue weighted by Gasteiger charge is -2.12. The molecule has 4 rings (SSSR count). The van der Waals surface area contributed by atoms with Crippen LogP contribution in [0.3, 0.4) is 0 Å². The van der Waals surface area contributed by atoms with E-state index in [1.54, 1.807) is 19.2 Å². The number of thioether (sulfide) groups is 1. The highest BCUT2D eigenvalue weighted by Crippen LogP contribution is 2.37. The van der Waals surface area contributed by atoms with Gasteiger partial charge in [0, 0.05) is 17.6 Å². The molecule has 178 valence electrons. The quantitative estimate of drug-likeness (QED) is 0.219. The van der Waals surface area contributed by atoms with Gasteiger partial charge in [0.05, 0.1) is 24.2 Å². The Labute approximate surface area is 233 Å². The van der Waals surface area contributed by atoms with Crippen LogP contribution in [0, 0.1) is 3.57 Å². The number of amidine groups is 1. The molecule has 0 aliphatic carbocycles. The summed E-state index contributed by atoms with van der Waals surface area (Å²) in [6, 6.07) is 17.5. The fourth-order valence-electron chi connectivity index (χ4n) is 3.16. The van der Waals surface area contributed by atoms with Crippen molar-refractivity contribution in [2.45, 2.75) is 6.61 Å². The molecule has 0 atom stereocenters. The average molecular weight is 684 g/mol. The van der Waals surface area contributed by atoms with Crippen LogP contribution in [-0.2, 0) is 11.4 Å². The molecule has 6 nitrogen and oxygen atoms in total. The third-order valence-electron chi connectivity index (χ3n) is 4.99. The molecule has 10 heteroatoms. The SMILES string of the molecule is CN1C(=O)/C(=C/c2cc(Br)c(OCc3ccccc3Cl)c(I)c2)SC1=Nc1ccc(C(=O)O)cc1. The van der Waals surface area contributed by atoms with Gasteiger partial charge in [-0.1, -0.05) is 29.8 Å². The van der Waals surface area contributed by atoms with Crippen molar-refractivity contribution < 1.29 is 19.4 Å². The van der Waals surface area contributed by atoms with Gasteiger partial charge >= 0.3 is 5.97 Å². The molecule has 1 fully saturated rings. The molecular formula is C25H17BrClIN2O4S. The van der Waals surface area contributed by atoms with Crippen LogP contribution in [0.15, 0.2) is 75.0 Å². The lowest BCUT2D eigenvalue weighted by atomic mass is 10.2. The van der Waals surface area contributed by atoms with Gasteiger partial charge in [-0.05, 0) is 104 Å². The number of aliphatic imine (C=N–C) groups is 1. The first-order chi connectivity index (χ1) is 16.7. The Balaban J connectivity index is 1.53. The number of carboxylic acid groups (broad SMARTS) is 1. The summed E-state index contributed by atoms with van der Waals surface area (Å²) in [4.78, 5) is 30.3. The van der Waals surface area contributed by atoms with E-state index in [-0.39, 0.29) is 11.5 Å². The maximum absolute atomic E-state index is 12.8. The van der Waals surface area contributed by atoms with Gasteiger partial charge in [0.15, 0.2) is 5.17 Å². The maximum Gasteiger partial charge on any atom is 0.335 e. The van der Waals surface area contributed by atoms with Crippen LogP contribution in [0.4, 0.5) is 5.69 Å². The van der Waals surface area contributed by atoms with Crippen LogP contribution in [0.25, 0.3) is 6.08 Å². The van der Waals surface area contributed by atoms with Gasteiger partial charge in [0.25, 0.3) is 5.91 Å². The Morgan fingerprint density at radius 2 is 1.94 bits per heavy atom. The van der Waals surface area contributed by atoms with Gasteiger partial charge in [0.2, 0.25) is 0 Å². The first-order valence-electron chi connectivity index (χ1n) is 10.2. The Kier molecular flexibility index (Phi) is 8.20. The third kappa shape index (κ3) is 6.08. The number of benzene rings is 3.